The molecule has 3 nitrogen and oxygen atoms in total. The van der Waals surface area contributed by atoms with E-state index in [0.717, 1.165) is 12.3 Å². The van der Waals surface area contributed by atoms with Crippen LogP contribution in [0.4, 0.5) is 0 Å². The van der Waals surface area contributed by atoms with Crippen molar-refractivity contribution in [3.05, 3.63) is 12.3 Å². The van der Waals surface area contributed by atoms with Crippen molar-refractivity contribution in [2.45, 2.75) is 0 Å². The molecule has 0 saturated carbocycles. The summed E-state index contributed by atoms with van der Waals surface area (Å²) in [5, 5.41) is 15.7. The second-order valence-corrected chi connectivity index (χ2v) is 1.22. The summed E-state index contributed by atoms with van der Waals surface area (Å²) in [6.45, 7) is 0. The molecule has 0 atom stereocenters. The number of thiocarbonyl (C=S) groups is 1. The first-order chi connectivity index (χ1) is 3.27. The van der Waals surface area contributed by atoms with E-state index in [1.54, 1.807) is 5.48 Å². The molecule has 0 radical (unpaired) electrons. The monoisotopic (exact) mass is 119 g/mol. The lowest BCUT2D eigenvalue weighted by Gasteiger charge is -1.80. The minimum Gasteiger partial charge on any atom is -0.499 e. The van der Waals surface area contributed by atoms with E-state index in [4.69, 9.17) is 10.3 Å². The Morgan fingerprint density at radius 3 is 2.43 bits per heavy atom. The Morgan fingerprint density at radius 2 is 2.29 bits per heavy atom. The van der Waals surface area contributed by atoms with Crippen LogP contribution in [0.2, 0.25) is 0 Å². The van der Waals surface area contributed by atoms with Gasteiger partial charge in [0.15, 0.2) is 5.05 Å². The summed E-state index contributed by atoms with van der Waals surface area (Å²) in [5.41, 5.74) is 1.67. The Bertz CT molecular complexity index is 90.9. The molecule has 40 valence electrons. The van der Waals surface area contributed by atoms with Gasteiger partial charge >= 0.3 is 0 Å². The zero-order valence-electron chi connectivity index (χ0n) is 3.46. The van der Waals surface area contributed by atoms with Crippen molar-refractivity contribution in [3.63, 3.8) is 0 Å². The Morgan fingerprint density at radius 1 is 1.71 bits per heavy atom. The standard InChI is InChI=1S/C3H5NO2S/c5-3(7)1-2-4-6/h1-2,4,6H,(H,5,7). The minimum absolute atomic E-state index is 0.262. The number of hydrogen-bond donors (Lipinski definition) is 3. The van der Waals surface area contributed by atoms with Gasteiger partial charge in [-0.15, -0.1) is 0 Å². The minimum atomic E-state index is -0.262. The molecule has 4 heteroatoms. The molecular formula is C3H5NO2S. The zero-order chi connectivity index (χ0) is 5.70. The second kappa shape index (κ2) is 3.58. The number of rotatable bonds is 2. The normalized spacial score (nSPS) is 9.29. The van der Waals surface area contributed by atoms with Crippen LogP contribution >= 0.6 is 12.2 Å². The molecule has 0 bridgehead atoms. The van der Waals surface area contributed by atoms with Gasteiger partial charge in [0.2, 0.25) is 0 Å². The molecule has 0 aromatic carbocycles. The fourth-order valence-electron chi connectivity index (χ4n) is 0.109. The highest BCUT2D eigenvalue weighted by Gasteiger charge is 1.73. The van der Waals surface area contributed by atoms with E-state index >= 15 is 0 Å². The topological polar surface area (TPSA) is 52.5 Å². The first kappa shape index (κ1) is 6.39. The van der Waals surface area contributed by atoms with Gasteiger partial charge in [-0.25, -0.2) is 0 Å². The molecule has 0 saturated heterocycles. The van der Waals surface area contributed by atoms with Crippen molar-refractivity contribution in [1.82, 2.24) is 5.48 Å². The maximum absolute atomic E-state index is 8.18. The Hall–Kier alpha value is -0.610. The van der Waals surface area contributed by atoms with E-state index in [1.165, 1.54) is 0 Å². The Balaban J connectivity index is 3.26. The predicted molar refractivity (Wildman–Crippen MR) is 29.3 cm³/mol. The van der Waals surface area contributed by atoms with Crippen LogP contribution in [0, 0.1) is 0 Å². The average molecular weight is 119 g/mol. The molecule has 3 N–H and O–H groups in total. The van der Waals surface area contributed by atoms with Crippen molar-refractivity contribution in [1.29, 1.82) is 0 Å². The van der Waals surface area contributed by atoms with E-state index in [-0.39, 0.29) is 5.05 Å². The highest BCUT2D eigenvalue weighted by atomic mass is 32.1. The number of nitrogens with one attached hydrogen (secondary N) is 1. The molecule has 0 aliphatic carbocycles. The first-order valence-electron chi connectivity index (χ1n) is 1.56. The van der Waals surface area contributed by atoms with Crippen LogP contribution in [0.1, 0.15) is 0 Å². The number of hydrogen-bond acceptors (Lipinski definition) is 3. The molecule has 0 aromatic heterocycles. The summed E-state index contributed by atoms with van der Waals surface area (Å²) < 4.78 is 0. The number of aliphatic hydroxyl groups excluding tert-OH is 1. The van der Waals surface area contributed by atoms with Crippen LogP contribution in [0.25, 0.3) is 0 Å². The van der Waals surface area contributed by atoms with E-state index in [0.29, 0.717) is 0 Å². The van der Waals surface area contributed by atoms with Crippen LogP contribution in [-0.4, -0.2) is 15.4 Å². The fraction of sp³-hybridized carbons (Fsp3) is 0. The van der Waals surface area contributed by atoms with Gasteiger partial charge in [-0.05, 0) is 12.2 Å². The maximum Gasteiger partial charge on any atom is 0.182 e. The molecule has 0 aromatic rings. The lowest BCUT2D eigenvalue weighted by molar-refractivity contribution is 0.214. The van der Waals surface area contributed by atoms with Crippen molar-refractivity contribution >= 4 is 17.3 Å². The first-order valence-corrected chi connectivity index (χ1v) is 1.97. The van der Waals surface area contributed by atoms with Crippen LogP contribution in [0.3, 0.4) is 0 Å². The second-order valence-electron chi connectivity index (χ2n) is 0.801. The van der Waals surface area contributed by atoms with Crippen LogP contribution in [0.15, 0.2) is 12.3 Å². The van der Waals surface area contributed by atoms with Gasteiger partial charge in [0.1, 0.15) is 0 Å². The van der Waals surface area contributed by atoms with Crippen molar-refractivity contribution < 1.29 is 10.3 Å². The molecule has 0 spiro atoms. The van der Waals surface area contributed by atoms with Gasteiger partial charge in [-0.3, -0.25) is 10.7 Å². The molecular weight excluding hydrogens is 114 g/mol. The maximum atomic E-state index is 8.18. The lowest BCUT2D eigenvalue weighted by Crippen LogP contribution is -1.95. The van der Waals surface area contributed by atoms with Gasteiger partial charge in [-0.2, -0.15) is 0 Å². The van der Waals surface area contributed by atoms with Gasteiger partial charge in [0.05, 0.1) is 0 Å². The summed E-state index contributed by atoms with van der Waals surface area (Å²) >= 11 is 4.18. The number of hydroxylamine groups is 1. The highest BCUT2D eigenvalue weighted by molar-refractivity contribution is 7.80. The van der Waals surface area contributed by atoms with Crippen molar-refractivity contribution in [2.24, 2.45) is 0 Å². The summed E-state index contributed by atoms with van der Waals surface area (Å²) in [6.07, 6.45) is 2.26. The zero-order valence-corrected chi connectivity index (χ0v) is 4.27. The third kappa shape index (κ3) is 5.39. The van der Waals surface area contributed by atoms with Crippen LogP contribution in [0.5, 0.6) is 0 Å². The van der Waals surface area contributed by atoms with E-state index in [1.807, 2.05) is 0 Å². The van der Waals surface area contributed by atoms with E-state index in [2.05, 4.69) is 12.2 Å². The molecule has 0 unspecified atom stereocenters. The van der Waals surface area contributed by atoms with Gasteiger partial charge in [0.25, 0.3) is 0 Å². The van der Waals surface area contributed by atoms with Gasteiger partial charge in [0, 0.05) is 12.3 Å². The fourth-order valence-corrected chi connectivity index (χ4v) is 0.177. The molecule has 0 aliphatic heterocycles. The molecule has 0 fully saturated rings. The smallest absolute Gasteiger partial charge is 0.182 e. The Kier molecular flexibility index (Phi) is 3.26. The van der Waals surface area contributed by atoms with Crippen molar-refractivity contribution in [2.75, 3.05) is 0 Å². The SMILES string of the molecule is ONC=CC(O)=S. The van der Waals surface area contributed by atoms with Crippen LogP contribution < -0.4 is 5.48 Å². The molecule has 0 aliphatic rings. The third-order valence-electron chi connectivity index (χ3n) is 0.300. The molecule has 0 heterocycles. The van der Waals surface area contributed by atoms with Gasteiger partial charge < -0.3 is 5.11 Å². The Labute approximate surface area is 46.2 Å². The van der Waals surface area contributed by atoms with Gasteiger partial charge in [-0.1, -0.05) is 0 Å². The molecule has 0 amide bonds. The quantitative estimate of drug-likeness (QED) is 0.279. The van der Waals surface area contributed by atoms with E-state index < -0.39 is 0 Å². The van der Waals surface area contributed by atoms with Crippen molar-refractivity contribution in [3.8, 4) is 0 Å². The summed E-state index contributed by atoms with van der Waals surface area (Å²) in [5.74, 6) is 0. The summed E-state index contributed by atoms with van der Waals surface area (Å²) in [7, 11) is 0. The third-order valence-corrected chi connectivity index (χ3v) is 0.437. The predicted octanol–water partition coefficient (Wildman–Crippen LogP) is 0.364. The largest absolute Gasteiger partial charge is 0.499 e. The molecule has 7 heavy (non-hydrogen) atoms. The summed E-state index contributed by atoms with van der Waals surface area (Å²) in [6, 6.07) is 0. The number of aliphatic hydroxyl groups is 1. The highest BCUT2D eigenvalue weighted by Crippen LogP contribution is 1.69. The molecule has 0 rings (SSSR count). The summed E-state index contributed by atoms with van der Waals surface area (Å²) in [4.78, 5) is 0. The lowest BCUT2D eigenvalue weighted by atomic mass is 10.7. The van der Waals surface area contributed by atoms with Crippen LogP contribution in [-0.2, 0) is 0 Å². The van der Waals surface area contributed by atoms with E-state index in [9.17, 15) is 0 Å². The average Bonchev–Trinajstić information content (AvgIpc) is 1.61.